The monoisotopic (exact) mass is 714 g/mol. The van der Waals surface area contributed by atoms with Gasteiger partial charge in [0, 0.05) is 0 Å². The summed E-state index contributed by atoms with van der Waals surface area (Å²) < 4.78 is 115. The van der Waals surface area contributed by atoms with Crippen LogP contribution in [0.15, 0.2) is 11.6 Å². The molecule has 4 rings (SSSR count). The normalized spacial score (nSPS) is 39.9. The standard InChI is InChI=1S/C31H54O12S3/c1-18(2)29(5,6)20(4)10-9-19(3)22-11-12-23-21-15-26(41-44(32,33)34)25-16-27(42-45(35,36)37)28(43-46(38,39)40)17-31(25,8)24(21)13-14-30(22,23)7/h10,18-19,21-28H,9,11-17H2,1-8H3,(H,32,33,34)(H,35,36,37)(H,38,39,40). The maximum Gasteiger partial charge on any atom is 0.397 e. The van der Waals surface area contributed by atoms with Crippen LogP contribution < -0.4 is 0 Å². The van der Waals surface area contributed by atoms with Crippen molar-refractivity contribution in [2.75, 3.05) is 0 Å². The average molecular weight is 715 g/mol. The molecule has 4 aliphatic rings. The van der Waals surface area contributed by atoms with Crippen LogP contribution in [0, 0.1) is 57.7 Å². The van der Waals surface area contributed by atoms with Gasteiger partial charge in [0.2, 0.25) is 0 Å². The Labute approximate surface area is 276 Å². The summed E-state index contributed by atoms with van der Waals surface area (Å²) in [6, 6.07) is 0. The molecule has 12 nitrogen and oxygen atoms in total. The Morgan fingerprint density at radius 3 is 1.85 bits per heavy atom. The molecule has 4 fully saturated rings. The van der Waals surface area contributed by atoms with Gasteiger partial charge in [-0.25, -0.2) is 12.5 Å². The summed E-state index contributed by atoms with van der Waals surface area (Å²) in [4.78, 5) is 0. The van der Waals surface area contributed by atoms with E-state index in [1.165, 1.54) is 5.57 Å². The van der Waals surface area contributed by atoms with Crippen LogP contribution in [0.2, 0.25) is 0 Å². The maximum atomic E-state index is 12.1. The summed E-state index contributed by atoms with van der Waals surface area (Å²) in [5, 5.41) is 0. The number of hydrogen-bond acceptors (Lipinski definition) is 9. The maximum absolute atomic E-state index is 12.1. The van der Waals surface area contributed by atoms with Crippen molar-refractivity contribution in [1.29, 1.82) is 0 Å². The van der Waals surface area contributed by atoms with E-state index in [4.69, 9.17) is 12.5 Å². The summed E-state index contributed by atoms with van der Waals surface area (Å²) >= 11 is 0. The molecular formula is C31H54O12S3. The fourth-order valence-corrected chi connectivity index (χ4v) is 11.8. The minimum Gasteiger partial charge on any atom is -0.264 e. The first-order valence-corrected chi connectivity index (χ1v) is 20.5. The summed E-state index contributed by atoms with van der Waals surface area (Å²) in [6.45, 7) is 17.8. The van der Waals surface area contributed by atoms with Crippen LogP contribution in [-0.4, -0.2) is 57.2 Å². The van der Waals surface area contributed by atoms with Gasteiger partial charge < -0.3 is 0 Å². The molecule has 0 heterocycles. The highest BCUT2D eigenvalue weighted by molar-refractivity contribution is 7.81. The van der Waals surface area contributed by atoms with E-state index >= 15 is 0 Å². The zero-order valence-electron chi connectivity index (χ0n) is 28.2. The van der Waals surface area contributed by atoms with Crippen molar-refractivity contribution < 1.29 is 51.5 Å². The highest BCUT2D eigenvalue weighted by atomic mass is 32.3. The van der Waals surface area contributed by atoms with Gasteiger partial charge in [0.15, 0.2) is 0 Å². The zero-order valence-corrected chi connectivity index (χ0v) is 30.7. The fourth-order valence-electron chi connectivity index (χ4n) is 10.3. The van der Waals surface area contributed by atoms with Gasteiger partial charge in [-0.15, -0.1) is 0 Å². The van der Waals surface area contributed by atoms with Gasteiger partial charge >= 0.3 is 31.2 Å². The fraction of sp³-hybridized carbons (Fsp3) is 0.935. The summed E-state index contributed by atoms with van der Waals surface area (Å²) in [5.41, 5.74) is 0.611. The third kappa shape index (κ3) is 7.88. The molecule has 4 saturated carbocycles. The van der Waals surface area contributed by atoms with Crippen molar-refractivity contribution >= 4 is 31.2 Å². The molecule has 11 atom stereocenters. The van der Waals surface area contributed by atoms with E-state index in [1.807, 2.05) is 6.92 Å². The van der Waals surface area contributed by atoms with E-state index in [9.17, 15) is 38.9 Å². The molecule has 4 aliphatic carbocycles. The Kier molecular flexibility index (Phi) is 10.7. The van der Waals surface area contributed by atoms with Crippen LogP contribution in [-0.2, 0) is 43.7 Å². The lowest BCUT2D eigenvalue weighted by molar-refractivity contribution is -0.183. The lowest BCUT2D eigenvalue weighted by atomic mass is 9.43. The third-order valence-corrected chi connectivity index (χ3v) is 14.8. The first-order valence-electron chi connectivity index (χ1n) is 16.4. The molecule has 0 saturated heterocycles. The first kappa shape index (κ1) is 38.2. The van der Waals surface area contributed by atoms with Crippen molar-refractivity contribution in [3.63, 3.8) is 0 Å². The van der Waals surface area contributed by atoms with Crippen molar-refractivity contribution in [3.05, 3.63) is 11.6 Å². The van der Waals surface area contributed by atoms with Crippen molar-refractivity contribution in [2.45, 2.75) is 125 Å². The Balaban J connectivity index is 1.67. The summed E-state index contributed by atoms with van der Waals surface area (Å²) in [6.07, 6.45) is 2.85. The molecule has 0 amide bonds. The molecule has 0 aromatic rings. The highest BCUT2D eigenvalue weighted by Gasteiger charge is 2.65. The van der Waals surface area contributed by atoms with E-state index < -0.39 is 60.8 Å². The van der Waals surface area contributed by atoms with Crippen LogP contribution in [0.5, 0.6) is 0 Å². The van der Waals surface area contributed by atoms with E-state index in [2.05, 4.69) is 54.5 Å². The van der Waals surface area contributed by atoms with Crippen molar-refractivity contribution in [1.82, 2.24) is 0 Å². The quantitative estimate of drug-likeness (QED) is 0.165. The minimum atomic E-state index is -5.07. The zero-order chi connectivity index (χ0) is 34.8. The largest absolute Gasteiger partial charge is 0.397 e. The van der Waals surface area contributed by atoms with E-state index in [0.717, 1.165) is 32.1 Å². The van der Waals surface area contributed by atoms with Crippen molar-refractivity contribution in [3.8, 4) is 0 Å². The number of rotatable bonds is 11. The molecule has 46 heavy (non-hydrogen) atoms. The third-order valence-electron chi connectivity index (χ3n) is 13.4. The van der Waals surface area contributed by atoms with Crippen molar-refractivity contribution in [2.24, 2.45) is 57.7 Å². The van der Waals surface area contributed by atoms with Gasteiger partial charge in [-0.3, -0.25) is 13.7 Å². The van der Waals surface area contributed by atoms with Crippen LogP contribution in [0.3, 0.4) is 0 Å². The lowest BCUT2D eigenvalue weighted by Gasteiger charge is -2.63. The molecule has 0 aromatic heterocycles. The second-order valence-electron chi connectivity index (χ2n) is 16.1. The van der Waals surface area contributed by atoms with Gasteiger partial charge in [-0.2, -0.15) is 25.3 Å². The van der Waals surface area contributed by atoms with Gasteiger partial charge in [-0.05, 0) is 116 Å². The number of allylic oxidation sites excluding steroid dienone is 2. The van der Waals surface area contributed by atoms with Crippen LogP contribution in [0.4, 0.5) is 0 Å². The van der Waals surface area contributed by atoms with E-state index in [0.29, 0.717) is 24.2 Å². The molecule has 0 aliphatic heterocycles. The molecule has 0 radical (unpaired) electrons. The van der Waals surface area contributed by atoms with Gasteiger partial charge in [0.05, 0.1) is 6.10 Å². The molecule has 268 valence electrons. The summed E-state index contributed by atoms with van der Waals surface area (Å²) in [5.74, 6) is 0.836. The van der Waals surface area contributed by atoms with Gasteiger partial charge in [0.25, 0.3) is 0 Å². The second kappa shape index (κ2) is 12.9. The molecule has 15 heteroatoms. The number of hydrogen-bond donors (Lipinski definition) is 3. The Morgan fingerprint density at radius 1 is 0.783 bits per heavy atom. The summed E-state index contributed by atoms with van der Waals surface area (Å²) in [7, 11) is -15.0. The molecule has 0 spiro atoms. The molecule has 0 aromatic carbocycles. The molecule has 11 unspecified atom stereocenters. The van der Waals surface area contributed by atoms with Crippen LogP contribution in [0.1, 0.15) is 107 Å². The second-order valence-corrected chi connectivity index (χ2v) is 19.2. The van der Waals surface area contributed by atoms with Gasteiger partial charge in [-0.1, -0.05) is 60.1 Å². The molecular weight excluding hydrogens is 661 g/mol. The minimum absolute atomic E-state index is 0.0217. The SMILES string of the molecule is CC(=CCC(C)C1CCC2C3CC(OS(=O)(=O)O)C4CC(OS(=O)(=O)O)C(OS(=O)(=O)O)CC4(C)C3CCC12C)C(C)(C)C(C)C. The first-order chi connectivity index (χ1) is 20.8. The van der Waals surface area contributed by atoms with Gasteiger partial charge in [0.1, 0.15) is 12.2 Å². The predicted molar refractivity (Wildman–Crippen MR) is 171 cm³/mol. The topological polar surface area (TPSA) is 191 Å². The predicted octanol–water partition coefficient (Wildman–Crippen LogP) is 6.08. The van der Waals surface area contributed by atoms with E-state index in [1.54, 1.807) is 0 Å². The van der Waals surface area contributed by atoms with E-state index in [-0.39, 0.29) is 41.4 Å². The molecule has 3 N–H and O–H groups in total. The average Bonchev–Trinajstić information content (AvgIpc) is 3.22. The number of fused-ring (bicyclic) bond motifs is 5. The highest BCUT2D eigenvalue weighted by Crippen LogP contribution is 2.69. The smallest absolute Gasteiger partial charge is 0.264 e. The Bertz CT molecular complexity index is 1490. The Hall–Kier alpha value is -0.650. The van der Waals surface area contributed by atoms with Crippen LogP contribution >= 0.6 is 0 Å². The lowest BCUT2D eigenvalue weighted by Crippen LogP contribution is -2.62. The molecule has 0 bridgehead atoms. The Morgan fingerprint density at radius 2 is 1.30 bits per heavy atom. The van der Waals surface area contributed by atoms with Crippen LogP contribution in [0.25, 0.3) is 0 Å².